The van der Waals surface area contributed by atoms with E-state index in [1.54, 1.807) is 6.92 Å². The number of hydrogen-bond acceptors (Lipinski definition) is 2. The van der Waals surface area contributed by atoms with Gasteiger partial charge in [0.1, 0.15) is 0 Å². The third kappa shape index (κ3) is 2.90. The summed E-state index contributed by atoms with van der Waals surface area (Å²) in [6, 6.07) is 18.4. The molecule has 0 radical (unpaired) electrons. The maximum absolute atomic E-state index is 12.5. The van der Waals surface area contributed by atoms with Crippen LogP contribution < -0.4 is 5.73 Å². The Bertz CT molecular complexity index is 651. The maximum Gasteiger partial charge on any atom is 0.239 e. The van der Waals surface area contributed by atoms with E-state index in [1.165, 1.54) is 16.7 Å². The number of carbonyl (C=O) groups excluding carboxylic acids is 1. The van der Waals surface area contributed by atoms with Gasteiger partial charge >= 0.3 is 0 Å². The molecule has 1 aliphatic rings. The van der Waals surface area contributed by atoms with Crippen LogP contribution in [-0.2, 0) is 17.6 Å². The van der Waals surface area contributed by atoms with Gasteiger partial charge in [0.25, 0.3) is 0 Å². The number of rotatable bonds is 3. The largest absolute Gasteiger partial charge is 0.334 e. The molecular formula is C19H22N2O. The van der Waals surface area contributed by atoms with Crippen LogP contribution in [0.2, 0.25) is 0 Å². The third-order valence-corrected chi connectivity index (χ3v) is 4.36. The number of carbonyl (C=O) groups is 1. The minimum absolute atomic E-state index is 0.0374. The summed E-state index contributed by atoms with van der Waals surface area (Å²) in [5.74, 6) is 0.0374. The van der Waals surface area contributed by atoms with Gasteiger partial charge in [0.05, 0.1) is 12.1 Å². The van der Waals surface area contributed by atoms with E-state index in [0.29, 0.717) is 0 Å². The van der Waals surface area contributed by atoms with Gasteiger partial charge in [-0.3, -0.25) is 4.79 Å². The zero-order chi connectivity index (χ0) is 15.5. The Morgan fingerprint density at radius 2 is 1.86 bits per heavy atom. The summed E-state index contributed by atoms with van der Waals surface area (Å²) in [4.78, 5) is 14.5. The Hall–Kier alpha value is -2.13. The average molecular weight is 294 g/mol. The first-order valence-corrected chi connectivity index (χ1v) is 7.84. The zero-order valence-electron chi connectivity index (χ0n) is 12.9. The lowest BCUT2D eigenvalue weighted by Crippen LogP contribution is -2.47. The highest BCUT2D eigenvalue weighted by atomic mass is 16.2. The number of nitrogens with zero attached hydrogens (tertiary/aromatic N) is 1. The van der Waals surface area contributed by atoms with E-state index in [0.717, 1.165) is 19.4 Å². The number of fused-ring (bicyclic) bond motifs is 1. The van der Waals surface area contributed by atoms with Crippen LogP contribution in [0.4, 0.5) is 0 Å². The summed E-state index contributed by atoms with van der Waals surface area (Å²) in [5.41, 5.74) is 9.69. The topological polar surface area (TPSA) is 46.3 Å². The molecule has 0 saturated carbocycles. The van der Waals surface area contributed by atoms with Crippen molar-refractivity contribution in [3.8, 4) is 0 Å². The van der Waals surface area contributed by atoms with E-state index >= 15 is 0 Å². The van der Waals surface area contributed by atoms with Gasteiger partial charge in [-0.2, -0.15) is 0 Å². The van der Waals surface area contributed by atoms with Gasteiger partial charge in [0.15, 0.2) is 0 Å². The molecule has 0 bridgehead atoms. The smallest absolute Gasteiger partial charge is 0.239 e. The predicted molar refractivity (Wildman–Crippen MR) is 88.4 cm³/mol. The van der Waals surface area contributed by atoms with Crippen molar-refractivity contribution in [2.24, 2.45) is 5.73 Å². The first kappa shape index (κ1) is 14.8. The monoisotopic (exact) mass is 294 g/mol. The minimum atomic E-state index is -0.455. The third-order valence-electron chi connectivity index (χ3n) is 4.36. The van der Waals surface area contributed by atoms with Crippen molar-refractivity contribution < 1.29 is 4.79 Å². The van der Waals surface area contributed by atoms with Crippen LogP contribution in [0.15, 0.2) is 54.6 Å². The zero-order valence-corrected chi connectivity index (χ0v) is 12.9. The van der Waals surface area contributed by atoms with Gasteiger partial charge in [0.2, 0.25) is 5.91 Å². The van der Waals surface area contributed by atoms with Crippen LogP contribution in [0.5, 0.6) is 0 Å². The normalized spacial score (nSPS) is 18.6. The van der Waals surface area contributed by atoms with Crippen molar-refractivity contribution in [1.29, 1.82) is 0 Å². The second-order valence-electron chi connectivity index (χ2n) is 5.97. The van der Waals surface area contributed by atoms with Crippen molar-refractivity contribution in [3.05, 3.63) is 71.3 Å². The second-order valence-corrected chi connectivity index (χ2v) is 5.97. The lowest BCUT2D eigenvalue weighted by molar-refractivity contribution is -0.135. The average Bonchev–Trinajstić information content (AvgIpc) is 2.55. The fourth-order valence-electron chi connectivity index (χ4n) is 3.23. The minimum Gasteiger partial charge on any atom is -0.334 e. The second kappa shape index (κ2) is 6.32. The van der Waals surface area contributed by atoms with Gasteiger partial charge in [-0.15, -0.1) is 0 Å². The van der Waals surface area contributed by atoms with Crippen LogP contribution in [0.1, 0.15) is 29.7 Å². The molecule has 1 heterocycles. The predicted octanol–water partition coefficient (Wildman–Crippen LogP) is 2.70. The van der Waals surface area contributed by atoms with Crippen molar-refractivity contribution in [3.63, 3.8) is 0 Å². The quantitative estimate of drug-likeness (QED) is 0.946. The molecule has 2 aromatic rings. The lowest BCUT2D eigenvalue weighted by Gasteiger charge is -2.38. The molecule has 3 rings (SSSR count). The van der Waals surface area contributed by atoms with Crippen LogP contribution >= 0.6 is 0 Å². The maximum atomic E-state index is 12.5. The van der Waals surface area contributed by atoms with Crippen LogP contribution in [-0.4, -0.2) is 23.4 Å². The highest BCUT2D eigenvalue weighted by Gasteiger charge is 2.31. The fraction of sp³-hybridized carbons (Fsp3) is 0.316. The van der Waals surface area contributed by atoms with Crippen molar-refractivity contribution in [1.82, 2.24) is 4.90 Å². The molecule has 1 aliphatic heterocycles. The summed E-state index contributed by atoms with van der Waals surface area (Å²) in [5, 5.41) is 0. The summed E-state index contributed by atoms with van der Waals surface area (Å²) < 4.78 is 0. The molecule has 0 aromatic heterocycles. The molecule has 22 heavy (non-hydrogen) atoms. The van der Waals surface area contributed by atoms with Crippen LogP contribution in [0.25, 0.3) is 0 Å². The van der Waals surface area contributed by atoms with E-state index in [9.17, 15) is 4.79 Å². The number of hydrogen-bond donors (Lipinski definition) is 1. The van der Waals surface area contributed by atoms with E-state index in [-0.39, 0.29) is 11.9 Å². The number of amides is 1. The summed E-state index contributed by atoms with van der Waals surface area (Å²) in [6.45, 7) is 2.51. The molecule has 2 N–H and O–H groups in total. The van der Waals surface area contributed by atoms with E-state index in [1.807, 2.05) is 23.1 Å². The Kier molecular flexibility index (Phi) is 4.25. The van der Waals surface area contributed by atoms with Gasteiger partial charge in [-0.05, 0) is 36.5 Å². The Balaban J connectivity index is 1.96. The molecule has 2 atom stereocenters. The fourth-order valence-corrected chi connectivity index (χ4v) is 3.23. The van der Waals surface area contributed by atoms with E-state index in [4.69, 9.17) is 5.73 Å². The summed E-state index contributed by atoms with van der Waals surface area (Å²) in [7, 11) is 0. The van der Waals surface area contributed by atoms with Crippen molar-refractivity contribution >= 4 is 5.91 Å². The SMILES string of the molecule is C[C@@H](N)C(=O)N1CCc2ccccc2[C@@H]1Cc1ccccc1. The van der Waals surface area contributed by atoms with Crippen LogP contribution in [0, 0.1) is 0 Å². The molecule has 114 valence electrons. The lowest BCUT2D eigenvalue weighted by atomic mass is 9.88. The summed E-state index contributed by atoms with van der Waals surface area (Å²) >= 11 is 0. The highest BCUT2D eigenvalue weighted by molar-refractivity contribution is 5.82. The Morgan fingerprint density at radius 3 is 2.59 bits per heavy atom. The molecule has 0 unspecified atom stereocenters. The Morgan fingerprint density at radius 1 is 1.18 bits per heavy atom. The molecule has 3 nitrogen and oxygen atoms in total. The molecule has 0 spiro atoms. The summed E-state index contributed by atoms with van der Waals surface area (Å²) in [6.07, 6.45) is 1.73. The van der Waals surface area contributed by atoms with Gasteiger partial charge in [-0.25, -0.2) is 0 Å². The molecular weight excluding hydrogens is 272 g/mol. The first-order valence-electron chi connectivity index (χ1n) is 7.84. The molecule has 0 saturated heterocycles. The molecule has 0 fully saturated rings. The van der Waals surface area contributed by atoms with Crippen molar-refractivity contribution in [2.75, 3.05) is 6.54 Å². The van der Waals surface area contributed by atoms with Gasteiger partial charge in [0, 0.05) is 6.54 Å². The number of benzene rings is 2. The standard InChI is InChI=1S/C19H22N2O/c1-14(20)19(22)21-12-11-16-9-5-6-10-17(16)18(21)13-15-7-3-2-4-8-15/h2-10,14,18H,11-13,20H2,1H3/t14-,18+/m1/s1. The first-order chi connectivity index (χ1) is 10.7. The highest BCUT2D eigenvalue weighted by Crippen LogP contribution is 2.32. The van der Waals surface area contributed by atoms with E-state index < -0.39 is 6.04 Å². The van der Waals surface area contributed by atoms with E-state index in [2.05, 4.69) is 36.4 Å². The molecule has 3 heteroatoms. The molecule has 0 aliphatic carbocycles. The van der Waals surface area contributed by atoms with Gasteiger partial charge in [-0.1, -0.05) is 54.6 Å². The van der Waals surface area contributed by atoms with Crippen molar-refractivity contribution in [2.45, 2.75) is 31.8 Å². The van der Waals surface area contributed by atoms with Gasteiger partial charge < -0.3 is 10.6 Å². The molecule has 2 aromatic carbocycles. The molecule has 1 amide bonds. The van der Waals surface area contributed by atoms with Crippen LogP contribution in [0.3, 0.4) is 0 Å². The Labute approximate surface area is 131 Å². The number of nitrogens with two attached hydrogens (primary N) is 1.